The standard InChI is InChI=1S/C18H16Cl2N2O4S2/c1-2-28(24,25)13-5-6-16-15(8-13)22-18(26-16)27-10-17(23)21-9-11-3-4-12(19)7-14(11)20/h3-8H,2,9-10H2,1H3,(H,21,23). The van der Waals surface area contributed by atoms with Crippen LogP contribution >= 0.6 is 35.0 Å². The molecule has 0 unspecified atom stereocenters. The van der Waals surface area contributed by atoms with Crippen molar-refractivity contribution in [2.75, 3.05) is 11.5 Å². The van der Waals surface area contributed by atoms with E-state index in [-0.39, 0.29) is 28.9 Å². The Bertz CT molecular complexity index is 1130. The monoisotopic (exact) mass is 458 g/mol. The number of aromatic nitrogens is 1. The number of hydrogen-bond donors (Lipinski definition) is 1. The van der Waals surface area contributed by atoms with Gasteiger partial charge in [-0.05, 0) is 35.9 Å². The van der Waals surface area contributed by atoms with E-state index in [2.05, 4.69) is 10.3 Å². The normalized spacial score (nSPS) is 11.7. The van der Waals surface area contributed by atoms with Crippen LogP contribution < -0.4 is 5.32 Å². The molecule has 10 heteroatoms. The van der Waals surface area contributed by atoms with Crippen molar-refractivity contribution < 1.29 is 17.6 Å². The Morgan fingerprint density at radius 3 is 2.71 bits per heavy atom. The average molecular weight is 459 g/mol. The number of sulfone groups is 1. The topological polar surface area (TPSA) is 89.3 Å². The lowest BCUT2D eigenvalue weighted by Gasteiger charge is -2.06. The first kappa shape index (κ1) is 21.0. The van der Waals surface area contributed by atoms with Crippen molar-refractivity contribution in [1.29, 1.82) is 0 Å². The van der Waals surface area contributed by atoms with Crippen LogP contribution in [0.3, 0.4) is 0 Å². The van der Waals surface area contributed by atoms with E-state index in [1.165, 1.54) is 12.1 Å². The largest absolute Gasteiger partial charge is 0.431 e. The van der Waals surface area contributed by atoms with Crippen molar-refractivity contribution in [2.45, 2.75) is 23.6 Å². The number of oxazole rings is 1. The molecule has 0 radical (unpaired) electrons. The maximum atomic E-state index is 12.1. The zero-order valence-corrected chi connectivity index (χ0v) is 17.9. The van der Waals surface area contributed by atoms with Crippen LogP contribution in [0.15, 0.2) is 50.9 Å². The lowest BCUT2D eigenvalue weighted by atomic mass is 10.2. The minimum absolute atomic E-state index is 0.00969. The highest BCUT2D eigenvalue weighted by molar-refractivity contribution is 7.99. The van der Waals surface area contributed by atoms with E-state index in [0.29, 0.717) is 26.4 Å². The van der Waals surface area contributed by atoms with Crippen LogP contribution in [-0.4, -0.2) is 30.8 Å². The number of rotatable bonds is 7. The number of amides is 1. The second kappa shape index (κ2) is 8.73. The fraction of sp³-hybridized carbons (Fsp3) is 0.222. The van der Waals surface area contributed by atoms with Crippen LogP contribution in [0.4, 0.5) is 0 Å². The number of benzene rings is 2. The number of hydrogen-bond acceptors (Lipinski definition) is 6. The molecule has 0 atom stereocenters. The summed E-state index contributed by atoms with van der Waals surface area (Å²) in [7, 11) is -3.32. The Labute approximate surface area is 176 Å². The summed E-state index contributed by atoms with van der Waals surface area (Å²) in [5, 5.41) is 4.07. The van der Waals surface area contributed by atoms with Crippen LogP contribution in [-0.2, 0) is 21.2 Å². The summed E-state index contributed by atoms with van der Waals surface area (Å²) < 4.78 is 29.5. The Hall–Kier alpha value is -1.74. The van der Waals surface area contributed by atoms with Gasteiger partial charge < -0.3 is 9.73 Å². The summed E-state index contributed by atoms with van der Waals surface area (Å²) in [5.74, 6) is -0.110. The Morgan fingerprint density at radius 2 is 2.00 bits per heavy atom. The van der Waals surface area contributed by atoms with E-state index in [1.807, 2.05) is 0 Å². The van der Waals surface area contributed by atoms with E-state index in [1.54, 1.807) is 31.2 Å². The Morgan fingerprint density at radius 1 is 1.21 bits per heavy atom. The molecule has 1 N–H and O–H groups in total. The molecule has 0 spiro atoms. The number of fused-ring (bicyclic) bond motifs is 1. The molecule has 0 aliphatic heterocycles. The van der Waals surface area contributed by atoms with E-state index >= 15 is 0 Å². The highest BCUT2D eigenvalue weighted by atomic mass is 35.5. The third-order valence-corrected chi connectivity index (χ3v) is 7.04. The molecule has 1 aromatic heterocycles. The van der Waals surface area contributed by atoms with Crippen LogP contribution in [0.1, 0.15) is 12.5 Å². The number of thioether (sulfide) groups is 1. The van der Waals surface area contributed by atoms with Gasteiger partial charge in [-0.1, -0.05) is 48.0 Å². The van der Waals surface area contributed by atoms with Gasteiger partial charge in [0.05, 0.1) is 16.4 Å². The van der Waals surface area contributed by atoms with E-state index in [0.717, 1.165) is 17.3 Å². The van der Waals surface area contributed by atoms with Crippen molar-refractivity contribution in [1.82, 2.24) is 10.3 Å². The van der Waals surface area contributed by atoms with Crippen molar-refractivity contribution >= 4 is 61.8 Å². The van der Waals surface area contributed by atoms with Gasteiger partial charge in [-0.15, -0.1) is 0 Å². The van der Waals surface area contributed by atoms with Gasteiger partial charge >= 0.3 is 0 Å². The fourth-order valence-corrected chi connectivity index (χ4v) is 4.39. The highest BCUT2D eigenvalue weighted by Crippen LogP contribution is 2.26. The molecule has 1 heterocycles. The summed E-state index contributed by atoms with van der Waals surface area (Å²) in [5.41, 5.74) is 1.66. The molecule has 2 aromatic carbocycles. The first-order chi connectivity index (χ1) is 13.3. The van der Waals surface area contributed by atoms with Crippen molar-refractivity contribution in [2.24, 2.45) is 0 Å². The summed E-state index contributed by atoms with van der Waals surface area (Å²) >= 11 is 13.0. The molecule has 28 heavy (non-hydrogen) atoms. The SMILES string of the molecule is CCS(=O)(=O)c1ccc2oc(SCC(=O)NCc3ccc(Cl)cc3Cl)nc2c1. The predicted octanol–water partition coefficient (Wildman–Crippen LogP) is 4.34. The molecule has 6 nitrogen and oxygen atoms in total. The fourth-order valence-electron chi connectivity index (χ4n) is 2.35. The third-order valence-electron chi connectivity index (χ3n) is 3.90. The van der Waals surface area contributed by atoms with Crippen molar-refractivity contribution in [3.8, 4) is 0 Å². The molecule has 0 saturated carbocycles. The lowest BCUT2D eigenvalue weighted by Crippen LogP contribution is -2.24. The van der Waals surface area contributed by atoms with Crippen molar-refractivity contribution in [3.05, 3.63) is 52.0 Å². The van der Waals surface area contributed by atoms with Gasteiger partial charge in [-0.3, -0.25) is 4.79 Å². The lowest BCUT2D eigenvalue weighted by molar-refractivity contribution is -0.118. The molecule has 3 aromatic rings. The van der Waals surface area contributed by atoms with Gasteiger partial charge in [0.25, 0.3) is 5.22 Å². The molecule has 0 fully saturated rings. The van der Waals surface area contributed by atoms with E-state index in [4.69, 9.17) is 27.6 Å². The summed E-state index contributed by atoms with van der Waals surface area (Å²) in [4.78, 5) is 16.5. The first-order valence-corrected chi connectivity index (χ1v) is 11.6. The number of carbonyl (C=O) groups is 1. The predicted molar refractivity (Wildman–Crippen MR) is 111 cm³/mol. The van der Waals surface area contributed by atoms with Gasteiger partial charge in [0.15, 0.2) is 15.4 Å². The zero-order chi connectivity index (χ0) is 20.3. The number of nitrogens with zero attached hydrogens (tertiary/aromatic N) is 1. The summed E-state index contributed by atoms with van der Waals surface area (Å²) in [6, 6.07) is 9.60. The average Bonchev–Trinajstić information content (AvgIpc) is 3.07. The number of carbonyl (C=O) groups excluding carboxylic acids is 1. The van der Waals surface area contributed by atoms with Gasteiger partial charge in [0.1, 0.15) is 5.52 Å². The van der Waals surface area contributed by atoms with E-state index in [9.17, 15) is 13.2 Å². The van der Waals surface area contributed by atoms with Crippen LogP contribution in [0, 0.1) is 0 Å². The Balaban J connectivity index is 1.60. The minimum Gasteiger partial charge on any atom is -0.431 e. The number of nitrogens with one attached hydrogen (secondary N) is 1. The summed E-state index contributed by atoms with van der Waals surface area (Å²) in [6.07, 6.45) is 0. The van der Waals surface area contributed by atoms with Crippen LogP contribution in [0.25, 0.3) is 11.1 Å². The van der Waals surface area contributed by atoms with Crippen molar-refractivity contribution in [3.63, 3.8) is 0 Å². The van der Waals surface area contributed by atoms with E-state index < -0.39 is 9.84 Å². The molecule has 1 amide bonds. The second-order valence-corrected chi connectivity index (χ2v) is 9.86. The first-order valence-electron chi connectivity index (χ1n) is 8.25. The molecule has 3 rings (SSSR count). The highest BCUT2D eigenvalue weighted by Gasteiger charge is 2.15. The molecular formula is C18H16Cl2N2O4S2. The van der Waals surface area contributed by atoms with Gasteiger partial charge in [-0.2, -0.15) is 0 Å². The zero-order valence-electron chi connectivity index (χ0n) is 14.7. The van der Waals surface area contributed by atoms with Gasteiger partial charge in [0.2, 0.25) is 5.91 Å². The number of halogens is 2. The minimum atomic E-state index is -3.32. The molecule has 0 aliphatic rings. The smallest absolute Gasteiger partial charge is 0.257 e. The van der Waals surface area contributed by atoms with Gasteiger partial charge in [-0.25, -0.2) is 13.4 Å². The Kier molecular flexibility index (Phi) is 6.54. The third kappa shape index (κ3) is 5.00. The second-order valence-electron chi connectivity index (χ2n) is 5.81. The summed E-state index contributed by atoms with van der Waals surface area (Å²) in [6.45, 7) is 1.86. The molecular weight excluding hydrogens is 443 g/mol. The maximum absolute atomic E-state index is 12.1. The molecule has 148 valence electrons. The van der Waals surface area contributed by atoms with Crippen LogP contribution in [0.5, 0.6) is 0 Å². The molecule has 0 aliphatic carbocycles. The quantitative estimate of drug-likeness (QED) is 0.529. The molecule has 0 bridgehead atoms. The molecule has 0 saturated heterocycles. The van der Waals surface area contributed by atoms with Gasteiger partial charge in [0, 0.05) is 16.6 Å². The van der Waals surface area contributed by atoms with Crippen LogP contribution in [0.2, 0.25) is 10.0 Å². The maximum Gasteiger partial charge on any atom is 0.257 e.